The summed E-state index contributed by atoms with van der Waals surface area (Å²) >= 11 is 1.33. The highest BCUT2D eigenvalue weighted by Gasteiger charge is 2.15. The lowest BCUT2D eigenvalue weighted by Gasteiger charge is -2.07. The van der Waals surface area contributed by atoms with Crippen LogP contribution in [-0.2, 0) is 0 Å². The molecule has 0 saturated carbocycles. The van der Waals surface area contributed by atoms with E-state index in [2.05, 4.69) is 21.4 Å². The van der Waals surface area contributed by atoms with E-state index >= 15 is 0 Å². The van der Waals surface area contributed by atoms with Gasteiger partial charge in [-0.25, -0.2) is 9.97 Å². The molecule has 6 nitrogen and oxygen atoms in total. The number of nitrogens with zero attached hydrogens (tertiary/aromatic N) is 3. The topological polar surface area (TPSA) is 87.9 Å². The first-order chi connectivity index (χ1) is 12.2. The Morgan fingerprint density at radius 2 is 2.12 bits per heavy atom. The summed E-state index contributed by atoms with van der Waals surface area (Å²) in [6, 6.07) is 12.5. The van der Waals surface area contributed by atoms with Crippen molar-refractivity contribution in [3.8, 4) is 23.2 Å². The molecule has 7 heteroatoms. The van der Waals surface area contributed by atoms with Gasteiger partial charge < -0.3 is 4.74 Å². The number of amides is 1. The predicted octanol–water partition coefficient (Wildman–Crippen LogP) is 3.73. The van der Waals surface area contributed by atoms with E-state index in [1.807, 2.05) is 24.4 Å². The van der Waals surface area contributed by atoms with Crippen LogP contribution in [0.25, 0.3) is 11.3 Å². The molecule has 0 bridgehead atoms. The number of aromatic nitrogens is 2. The van der Waals surface area contributed by atoms with E-state index < -0.39 is 0 Å². The molecule has 0 aliphatic carbocycles. The number of carbonyl (C=O) groups is 1. The molecule has 25 heavy (non-hydrogen) atoms. The Kier molecular flexibility index (Phi) is 5.02. The number of rotatable bonds is 5. The highest BCUT2D eigenvalue weighted by molar-refractivity contribution is 7.14. The average molecular weight is 350 g/mol. The number of benzene rings is 1. The molecular weight excluding hydrogens is 336 g/mol. The van der Waals surface area contributed by atoms with E-state index in [1.54, 1.807) is 30.5 Å². The number of thiazole rings is 1. The third-order valence-electron chi connectivity index (χ3n) is 3.33. The third kappa shape index (κ3) is 3.82. The second kappa shape index (κ2) is 7.55. The van der Waals surface area contributed by atoms with Gasteiger partial charge in [-0.2, -0.15) is 5.26 Å². The molecule has 0 aliphatic heterocycles. The summed E-state index contributed by atoms with van der Waals surface area (Å²) < 4.78 is 5.38. The Morgan fingerprint density at radius 1 is 1.32 bits per heavy atom. The lowest BCUT2D eigenvalue weighted by molar-refractivity contribution is 0.102. The lowest BCUT2D eigenvalue weighted by atomic mass is 10.1. The molecule has 0 atom stereocenters. The molecule has 2 aromatic heterocycles. The number of nitrogens with one attached hydrogen (secondary N) is 1. The van der Waals surface area contributed by atoms with E-state index in [0.717, 1.165) is 11.3 Å². The summed E-state index contributed by atoms with van der Waals surface area (Å²) in [5, 5.41) is 13.9. The van der Waals surface area contributed by atoms with Crippen molar-refractivity contribution in [1.82, 2.24) is 9.97 Å². The molecule has 0 unspecified atom stereocenters. The van der Waals surface area contributed by atoms with Gasteiger partial charge in [0.2, 0.25) is 5.88 Å². The fraction of sp³-hybridized carbons (Fsp3) is 0.111. The summed E-state index contributed by atoms with van der Waals surface area (Å²) in [6.07, 6.45) is 1.58. The molecule has 0 radical (unpaired) electrons. The van der Waals surface area contributed by atoms with E-state index in [1.165, 1.54) is 11.3 Å². The van der Waals surface area contributed by atoms with Gasteiger partial charge >= 0.3 is 0 Å². The number of nitriles is 1. The summed E-state index contributed by atoms with van der Waals surface area (Å²) in [4.78, 5) is 20.9. The standard InChI is InChI=1S/C18H14N4O2S/c1-2-24-17-14(4-3-9-20-17)16(23)22-18-21-15(11-25-18)13-7-5-12(10-19)6-8-13/h3-9,11H,2H2,1H3,(H,21,22,23). The summed E-state index contributed by atoms with van der Waals surface area (Å²) in [7, 11) is 0. The van der Waals surface area contributed by atoms with Crippen molar-refractivity contribution in [2.45, 2.75) is 6.92 Å². The minimum atomic E-state index is -0.322. The monoisotopic (exact) mass is 350 g/mol. The highest BCUT2D eigenvalue weighted by atomic mass is 32.1. The van der Waals surface area contributed by atoms with Crippen molar-refractivity contribution >= 4 is 22.4 Å². The van der Waals surface area contributed by atoms with Gasteiger partial charge in [-0.15, -0.1) is 11.3 Å². The summed E-state index contributed by atoms with van der Waals surface area (Å²) in [5.74, 6) is -0.0244. The van der Waals surface area contributed by atoms with Crippen LogP contribution in [0.15, 0.2) is 48.0 Å². The first-order valence-electron chi connectivity index (χ1n) is 7.56. The Hall–Kier alpha value is -3.24. The highest BCUT2D eigenvalue weighted by Crippen LogP contribution is 2.26. The maximum absolute atomic E-state index is 12.4. The Labute approximate surface area is 148 Å². The predicted molar refractivity (Wildman–Crippen MR) is 95.6 cm³/mol. The quantitative estimate of drug-likeness (QED) is 0.757. The largest absolute Gasteiger partial charge is 0.477 e. The molecule has 2 heterocycles. The maximum atomic E-state index is 12.4. The molecule has 0 aliphatic rings. The molecule has 3 rings (SSSR count). The summed E-state index contributed by atoms with van der Waals surface area (Å²) in [6.45, 7) is 2.26. The third-order valence-corrected chi connectivity index (χ3v) is 4.09. The first-order valence-corrected chi connectivity index (χ1v) is 8.44. The number of carbonyl (C=O) groups excluding carboxylic acids is 1. The van der Waals surface area contributed by atoms with Gasteiger partial charge in [0, 0.05) is 17.1 Å². The molecular formula is C18H14N4O2S. The maximum Gasteiger partial charge on any atom is 0.262 e. The molecule has 1 aromatic carbocycles. The van der Waals surface area contributed by atoms with Crippen molar-refractivity contribution in [2.75, 3.05) is 11.9 Å². The lowest BCUT2D eigenvalue weighted by Crippen LogP contribution is -2.14. The Morgan fingerprint density at radius 3 is 2.84 bits per heavy atom. The van der Waals surface area contributed by atoms with E-state index in [-0.39, 0.29) is 5.91 Å². The van der Waals surface area contributed by atoms with E-state index in [9.17, 15) is 4.79 Å². The molecule has 1 N–H and O–H groups in total. The zero-order valence-electron chi connectivity index (χ0n) is 13.4. The van der Waals surface area contributed by atoms with Gasteiger partial charge in [0.1, 0.15) is 5.56 Å². The molecule has 0 fully saturated rings. The Balaban J connectivity index is 1.77. The van der Waals surface area contributed by atoms with Crippen LogP contribution in [-0.4, -0.2) is 22.5 Å². The van der Waals surface area contributed by atoms with Crippen LogP contribution in [0.5, 0.6) is 5.88 Å². The molecule has 1 amide bonds. The smallest absolute Gasteiger partial charge is 0.262 e. The second-order valence-electron chi connectivity index (χ2n) is 4.97. The SMILES string of the molecule is CCOc1ncccc1C(=O)Nc1nc(-c2ccc(C#N)cc2)cs1. The van der Waals surface area contributed by atoms with Crippen LogP contribution in [0.3, 0.4) is 0 Å². The fourth-order valence-electron chi connectivity index (χ4n) is 2.16. The zero-order chi connectivity index (χ0) is 17.6. The van der Waals surface area contributed by atoms with E-state index in [0.29, 0.717) is 28.7 Å². The van der Waals surface area contributed by atoms with Gasteiger partial charge in [0.15, 0.2) is 5.13 Å². The van der Waals surface area contributed by atoms with Gasteiger partial charge in [-0.05, 0) is 31.2 Å². The number of ether oxygens (including phenoxy) is 1. The van der Waals surface area contributed by atoms with Gasteiger partial charge in [-0.1, -0.05) is 12.1 Å². The van der Waals surface area contributed by atoms with Gasteiger partial charge in [0.25, 0.3) is 5.91 Å². The molecule has 0 spiro atoms. The van der Waals surface area contributed by atoms with Crippen molar-refractivity contribution in [3.63, 3.8) is 0 Å². The van der Waals surface area contributed by atoms with E-state index in [4.69, 9.17) is 10.00 Å². The zero-order valence-corrected chi connectivity index (χ0v) is 14.2. The van der Waals surface area contributed by atoms with Crippen LogP contribution in [0, 0.1) is 11.3 Å². The van der Waals surface area contributed by atoms with Crippen LogP contribution in [0.1, 0.15) is 22.8 Å². The summed E-state index contributed by atoms with van der Waals surface area (Å²) in [5.41, 5.74) is 2.57. The van der Waals surface area contributed by atoms with Crippen molar-refractivity contribution in [2.24, 2.45) is 0 Å². The number of hydrogen-bond donors (Lipinski definition) is 1. The average Bonchev–Trinajstić information content (AvgIpc) is 3.11. The van der Waals surface area contributed by atoms with Gasteiger partial charge in [0.05, 0.1) is 23.9 Å². The fourth-order valence-corrected chi connectivity index (χ4v) is 2.87. The Bertz CT molecular complexity index is 929. The van der Waals surface area contributed by atoms with Crippen LogP contribution in [0.4, 0.5) is 5.13 Å². The van der Waals surface area contributed by atoms with Crippen molar-refractivity contribution in [3.05, 3.63) is 59.1 Å². The molecule has 3 aromatic rings. The van der Waals surface area contributed by atoms with Crippen LogP contribution >= 0.6 is 11.3 Å². The van der Waals surface area contributed by atoms with Crippen molar-refractivity contribution in [1.29, 1.82) is 5.26 Å². The number of pyridine rings is 1. The van der Waals surface area contributed by atoms with Crippen LogP contribution in [0.2, 0.25) is 0 Å². The first kappa shape index (κ1) is 16.6. The normalized spacial score (nSPS) is 10.1. The number of anilines is 1. The number of hydrogen-bond acceptors (Lipinski definition) is 6. The molecule has 0 saturated heterocycles. The minimum Gasteiger partial charge on any atom is -0.477 e. The van der Waals surface area contributed by atoms with Gasteiger partial charge in [-0.3, -0.25) is 10.1 Å². The van der Waals surface area contributed by atoms with Crippen LogP contribution < -0.4 is 10.1 Å². The minimum absolute atomic E-state index is 0.298. The van der Waals surface area contributed by atoms with Crippen molar-refractivity contribution < 1.29 is 9.53 Å². The molecule has 124 valence electrons. The second-order valence-corrected chi connectivity index (χ2v) is 5.83.